The first-order valence-corrected chi connectivity index (χ1v) is 35.8. The Kier molecular flexibility index (Phi) is 66.9. The van der Waals surface area contributed by atoms with E-state index in [1.807, 2.05) is 6.08 Å². The Hall–Kier alpha value is -1.92. The largest absolute Gasteiger partial charge is 0.466 e. The number of aliphatic hydroxyl groups is 2. The monoisotopic (exact) mass is 1110 g/mol. The molecule has 0 aromatic rings. The summed E-state index contributed by atoms with van der Waals surface area (Å²) in [6.45, 7) is 4.91. The second-order valence-corrected chi connectivity index (χ2v) is 24.6. The molecule has 0 aromatic heterocycles. The van der Waals surface area contributed by atoms with Gasteiger partial charge in [-0.25, -0.2) is 0 Å². The predicted molar refractivity (Wildman–Crippen MR) is 347 cm³/mol. The number of carbonyl (C=O) groups is 2. The van der Waals surface area contributed by atoms with E-state index in [1.165, 1.54) is 315 Å². The van der Waals surface area contributed by atoms with Gasteiger partial charge in [-0.15, -0.1) is 0 Å². The number of carbonyl (C=O) groups excluding carboxylic acids is 2. The lowest BCUT2D eigenvalue weighted by atomic mass is 10.0. The van der Waals surface area contributed by atoms with Gasteiger partial charge in [0.2, 0.25) is 5.91 Å². The van der Waals surface area contributed by atoms with E-state index in [2.05, 4.69) is 43.5 Å². The molecule has 0 aromatic carbocycles. The highest BCUT2D eigenvalue weighted by Crippen LogP contribution is 2.19. The van der Waals surface area contributed by atoms with Crippen LogP contribution in [0.1, 0.15) is 393 Å². The van der Waals surface area contributed by atoms with Crippen molar-refractivity contribution in [3.63, 3.8) is 0 Å². The van der Waals surface area contributed by atoms with Crippen molar-refractivity contribution in [1.29, 1.82) is 0 Å². The molecule has 79 heavy (non-hydrogen) atoms. The highest BCUT2D eigenvalue weighted by atomic mass is 16.5. The van der Waals surface area contributed by atoms with Gasteiger partial charge in [-0.1, -0.05) is 352 Å². The Bertz CT molecular complexity index is 1280. The zero-order chi connectivity index (χ0) is 57.1. The molecular formula is C73H139NO5. The zero-order valence-corrected chi connectivity index (χ0v) is 53.4. The van der Waals surface area contributed by atoms with Crippen LogP contribution in [0.25, 0.3) is 0 Å². The number of nitrogens with one attached hydrogen (secondary N) is 1. The summed E-state index contributed by atoms with van der Waals surface area (Å²) in [4.78, 5) is 24.6. The first kappa shape index (κ1) is 77.1. The molecule has 0 heterocycles. The van der Waals surface area contributed by atoms with Crippen LogP contribution in [0.4, 0.5) is 0 Å². The van der Waals surface area contributed by atoms with Gasteiger partial charge in [-0.05, 0) is 64.2 Å². The van der Waals surface area contributed by atoms with Crippen LogP contribution in [-0.4, -0.2) is 47.4 Å². The SMILES string of the molecule is CCCCC/C=C\C/C=C\CCCCCCCCCC(=O)OCCCCCCCCCCCCCCCCCCCCCCCCCCCCCCCC(=O)NC(CO)C(O)/C=C/CCCCCCCCCCCCCCCC. The van der Waals surface area contributed by atoms with Crippen LogP contribution in [0.3, 0.4) is 0 Å². The van der Waals surface area contributed by atoms with Crippen LogP contribution >= 0.6 is 0 Å². The van der Waals surface area contributed by atoms with Crippen molar-refractivity contribution in [2.75, 3.05) is 13.2 Å². The van der Waals surface area contributed by atoms with Gasteiger partial charge in [0.25, 0.3) is 0 Å². The van der Waals surface area contributed by atoms with E-state index >= 15 is 0 Å². The van der Waals surface area contributed by atoms with Crippen LogP contribution in [0, 0.1) is 0 Å². The summed E-state index contributed by atoms with van der Waals surface area (Å²) in [6.07, 6.45) is 88.0. The minimum Gasteiger partial charge on any atom is -0.466 e. The predicted octanol–water partition coefficient (Wildman–Crippen LogP) is 23.1. The van der Waals surface area contributed by atoms with E-state index in [1.54, 1.807) is 6.08 Å². The fourth-order valence-corrected chi connectivity index (χ4v) is 11.2. The molecule has 6 heteroatoms. The van der Waals surface area contributed by atoms with Crippen LogP contribution in [0.15, 0.2) is 36.5 Å². The number of aliphatic hydroxyl groups excluding tert-OH is 2. The normalized spacial score (nSPS) is 12.7. The Balaban J connectivity index is 3.35. The molecule has 0 radical (unpaired) electrons. The molecule has 1 amide bonds. The van der Waals surface area contributed by atoms with Gasteiger partial charge in [0.15, 0.2) is 0 Å². The Morgan fingerprint density at radius 1 is 0.354 bits per heavy atom. The number of hydrogen-bond acceptors (Lipinski definition) is 5. The maximum atomic E-state index is 12.5. The summed E-state index contributed by atoms with van der Waals surface area (Å²) in [5.74, 6) is -0.0501. The van der Waals surface area contributed by atoms with Crippen molar-refractivity contribution in [3.05, 3.63) is 36.5 Å². The van der Waals surface area contributed by atoms with Crippen molar-refractivity contribution in [3.8, 4) is 0 Å². The van der Waals surface area contributed by atoms with E-state index < -0.39 is 12.1 Å². The fourth-order valence-electron chi connectivity index (χ4n) is 11.2. The zero-order valence-electron chi connectivity index (χ0n) is 53.4. The minimum atomic E-state index is -0.842. The van der Waals surface area contributed by atoms with E-state index in [9.17, 15) is 19.8 Å². The second-order valence-electron chi connectivity index (χ2n) is 24.6. The molecule has 0 fully saturated rings. The number of unbranched alkanes of at least 4 members (excludes halogenated alkanes) is 52. The van der Waals surface area contributed by atoms with Gasteiger partial charge in [-0.3, -0.25) is 9.59 Å². The highest BCUT2D eigenvalue weighted by molar-refractivity contribution is 5.76. The van der Waals surface area contributed by atoms with Gasteiger partial charge in [0, 0.05) is 12.8 Å². The van der Waals surface area contributed by atoms with Crippen LogP contribution in [0.2, 0.25) is 0 Å². The van der Waals surface area contributed by atoms with E-state index in [0.29, 0.717) is 19.4 Å². The molecular weight excluding hydrogens is 971 g/mol. The van der Waals surface area contributed by atoms with Crippen LogP contribution in [0.5, 0.6) is 0 Å². The summed E-state index contributed by atoms with van der Waals surface area (Å²) < 4.78 is 5.50. The molecule has 6 nitrogen and oxygen atoms in total. The summed E-state index contributed by atoms with van der Waals surface area (Å²) in [6, 6.07) is -0.625. The average molecular weight is 1110 g/mol. The average Bonchev–Trinajstić information content (AvgIpc) is 3.45. The van der Waals surface area contributed by atoms with Crippen LogP contribution in [-0.2, 0) is 14.3 Å². The molecule has 0 bridgehead atoms. The minimum absolute atomic E-state index is 0.0118. The first-order valence-electron chi connectivity index (χ1n) is 35.8. The second kappa shape index (κ2) is 68.6. The molecule has 0 aliphatic rings. The maximum absolute atomic E-state index is 12.5. The number of rotatable bonds is 67. The highest BCUT2D eigenvalue weighted by Gasteiger charge is 2.18. The van der Waals surface area contributed by atoms with Crippen molar-refractivity contribution < 1.29 is 24.5 Å². The summed E-state index contributed by atoms with van der Waals surface area (Å²) in [7, 11) is 0. The summed E-state index contributed by atoms with van der Waals surface area (Å²) >= 11 is 0. The van der Waals surface area contributed by atoms with E-state index in [4.69, 9.17) is 4.74 Å². The Morgan fingerprint density at radius 3 is 0.987 bits per heavy atom. The van der Waals surface area contributed by atoms with Crippen molar-refractivity contribution in [2.24, 2.45) is 0 Å². The van der Waals surface area contributed by atoms with Crippen molar-refractivity contribution in [2.45, 2.75) is 405 Å². The van der Waals surface area contributed by atoms with E-state index in [0.717, 1.165) is 51.4 Å². The molecule has 466 valence electrons. The maximum Gasteiger partial charge on any atom is 0.305 e. The first-order chi connectivity index (χ1) is 39.0. The molecule has 0 aliphatic heterocycles. The van der Waals surface area contributed by atoms with Gasteiger partial charge >= 0.3 is 5.97 Å². The molecule has 0 aliphatic carbocycles. The molecule has 0 rings (SSSR count). The molecule has 2 atom stereocenters. The van der Waals surface area contributed by atoms with Gasteiger partial charge in [-0.2, -0.15) is 0 Å². The molecule has 0 spiro atoms. The van der Waals surface area contributed by atoms with Gasteiger partial charge in [0.1, 0.15) is 0 Å². The lowest BCUT2D eigenvalue weighted by Gasteiger charge is -2.20. The van der Waals surface area contributed by atoms with Crippen molar-refractivity contribution >= 4 is 11.9 Å². The smallest absolute Gasteiger partial charge is 0.305 e. The van der Waals surface area contributed by atoms with Crippen LogP contribution < -0.4 is 5.32 Å². The Morgan fingerprint density at radius 2 is 0.633 bits per heavy atom. The summed E-state index contributed by atoms with van der Waals surface area (Å²) in [5, 5.41) is 23.2. The number of hydrogen-bond donors (Lipinski definition) is 3. The Labute approximate surface area is 494 Å². The number of amides is 1. The van der Waals surface area contributed by atoms with Gasteiger partial charge < -0.3 is 20.3 Å². The molecule has 2 unspecified atom stereocenters. The lowest BCUT2D eigenvalue weighted by Crippen LogP contribution is -2.45. The van der Waals surface area contributed by atoms with Crippen molar-refractivity contribution in [1.82, 2.24) is 5.32 Å². The fraction of sp³-hybridized carbons (Fsp3) is 0.890. The topological polar surface area (TPSA) is 95.9 Å². The number of allylic oxidation sites excluding steroid dienone is 5. The van der Waals surface area contributed by atoms with E-state index in [-0.39, 0.29) is 18.5 Å². The standard InChI is InChI=1S/C73H139NO5/c1-3-5-7-9-11-13-15-17-19-34-39-43-47-51-55-59-63-67-73(78)79-68-64-60-56-52-48-44-40-36-33-31-29-27-25-23-21-22-24-26-28-30-32-35-38-42-46-50-54-58-62-66-72(77)74-70(69-75)71(76)65-61-57-53-49-45-41-37-20-18-16-14-12-10-8-6-4-2/h11,13,17,19,61,65,70-71,75-76H,3-10,12,14-16,18,20-60,62-64,66-69H2,1-2H3,(H,74,77)/b13-11-,19-17-,65-61+. The molecule has 0 saturated heterocycles. The van der Waals surface area contributed by atoms with Gasteiger partial charge in [0.05, 0.1) is 25.4 Å². The molecule has 0 saturated carbocycles. The molecule has 3 N–H and O–H groups in total. The third-order valence-electron chi connectivity index (χ3n) is 16.7. The number of esters is 1. The summed E-state index contributed by atoms with van der Waals surface area (Å²) in [5.41, 5.74) is 0. The number of ether oxygens (including phenoxy) is 1. The third kappa shape index (κ3) is 65.1. The lowest BCUT2D eigenvalue weighted by molar-refractivity contribution is -0.143. The third-order valence-corrected chi connectivity index (χ3v) is 16.7. The quantitative estimate of drug-likeness (QED) is 0.0320.